The highest BCUT2D eigenvalue weighted by Crippen LogP contribution is 2.31. The normalized spacial score (nSPS) is 11.0. The van der Waals surface area contributed by atoms with Gasteiger partial charge in [-0.05, 0) is 62.5 Å². The maximum Gasteiger partial charge on any atom is 0.111 e. The van der Waals surface area contributed by atoms with E-state index in [1.807, 2.05) is 31.2 Å². The van der Waals surface area contributed by atoms with Crippen molar-refractivity contribution in [1.82, 2.24) is 9.97 Å². The molecule has 0 unspecified atom stereocenters. The van der Waals surface area contributed by atoms with E-state index >= 15 is 0 Å². The Morgan fingerprint density at radius 2 is 1.87 bits per heavy atom. The van der Waals surface area contributed by atoms with Gasteiger partial charge in [0.1, 0.15) is 5.82 Å². The number of nitrogens with zero attached hydrogens (tertiary/aromatic N) is 1. The van der Waals surface area contributed by atoms with Crippen molar-refractivity contribution in [2.45, 2.75) is 13.3 Å². The number of nitrogens with one attached hydrogen (secondary N) is 1. The fourth-order valence-corrected chi connectivity index (χ4v) is 3.51. The Morgan fingerprint density at radius 3 is 2.61 bits per heavy atom. The molecule has 0 spiro atoms. The molecular formula is C17H12Br2Cl2N2. The van der Waals surface area contributed by atoms with Crippen molar-refractivity contribution in [2.24, 2.45) is 0 Å². The van der Waals surface area contributed by atoms with E-state index in [4.69, 9.17) is 28.2 Å². The molecule has 1 heterocycles. The molecule has 0 atom stereocenters. The average molecular weight is 475 g/mol. The van der Waals surface area contributed by atoms with Crippen LogP contribution in [-0.2, 0) is 6.42 Å². The van der Waals surface area contributed by atoms with E-state index in [1.54, 1.807) is 6.07 Å². The predicted molar refractivity (Wildman–Crippen MR) is 103 cm³/mol. The van der Waals surface area contributed by atoms with Crippen LogP contribution in [0.25, 0.3) is 11.3 Å². The molecule has 2 nitrogen and oxygen atoms in total. The summed E-state index contributed by atoms with van der Waals surface area (Å²) in [5.41, 5.74) is 4.01. The lowest BCUT2D eigenvalue weighted by Gasteiger charge is -2.04. The lowest BCUT2D eigenvalue weighted by molar-refractivity contribution is 1.01. The third kappa shape index (κ3) is 3.66. The number of rotatable bonds is 3. The average Bonchev–Trinajstić information content (AvgIpc) is 2.87. The topological polar surface area (TPSA) is 28.7 Å². The van der Waals surface area contributed by atoms with Gasteiger partial charge >= 0.3 is 0 Å². The molecule has 6 heteroatoms. The predicted octanol–water partition coefficient (Wildman–Crippen LogP) is 6.81. The molecule has 3 rings (SSSR count). The van der Waals surface area contributed by atoms with E-state index in [0.29, 0.717) is 16.5 Å². The number of H-pyrrole nitrogens is 1. The number of aromatic nitrogens is 2. The molecule has 0 saturated carbocycles. The zero-order valence-electron chi connectivity index (χ0n) is 12.1. The Kier molecular flexibility index (Phi) is 5.16. The summed E-state index contributed by atoms with van der Waals surface area (Å²) in [6.45, 7) is 2.00. The van der Waals surface area contributed by atoms with Gasteiger partial charge < -0.3 is 4.98 Å². The van der Waals surface area contributed by atoms with Crippen LogP contribution in [0.15, 0.2) is 45.3 Å². The van der Waals surface area contributed by atoms with Gasteiger partial charge in [-0.1, -0.05) is 41.4 Å². The summed E-state index contributed by atoms with van der Waals surface area (Å²) < 4.78 is 2.08. The van der Waals surface area contributed by atoms with Crippen LogP contribution in [0.5, 0.6) is 0 Å². The second-order valence-electron chi connectivity index (χ2n) is 5.18. The lowest BCUT2D eigenvalue weighted by atomic mass is 10.1. The highest BCUT2D eigenvalue weighted by atomic mass is 79.9. The first-order chi connectivity index (χ1) is 11.0. The van der Waals surface area contributed by atoms with Gasteiger partial charge in [-0.25, -0.2) is 4.98 Å². The molecule has 118 valence electrons. The molecular weight excluding hydrogens is 463 g/mol. The molecule has 0 radical (unpaired) electrons. The minimum absolute atomic E-state index is 0.530. The number of halogens is 4. The van der Waals surface area contributed by atoms with Crippen molar-refractivity contribution in [3.8, 4) is 11.3 Å². The van der Waals surface area contributed by atoms with E-state index in [1.165, 1.54) is 0 Å². The van der Waals surface area contributed by atoms with Crippen LogP contribution in [0, 0.1) is 6.92 Å². The molecule has 1 aromatic heterocycles. The monoisotopic (exact) mass is 472 g/mol. The van der Waals surface area contributed by atoms with Crippen molar-refractivity contribution in [3.63, 3.8) is 0 Å². The van der Waals surface area contributed by atoms with E-state index in [2.05, 4.69) is 42.9 Å². The molecule has 0 aliphatic rings. The fourth-order valence-electron chi connectivity index (χ4n) is 2.40. The van der Waals surface area contributed by atoms with Crippen molar-refractivity contribution >= 4 is 55.1 Å². The molecule has 0 amide bonds. The Hall–Kier alpha value is -0.810. The quantitative estimate of drug-likeness (QED) is 0.444. The largest absolute Gasteiger partial charge is 0.345 e. The zero-order valence-corrected chi connectivity index (χ0v) is 16.8. The highest BCUT2D eigenvalue weighted by molar-refractivity contribution is 9.13. The third-order valence-corrected chi connectivity index (χ3v) is 6.38. The first-order valence-electron chi connectivity index (χ1n) is 6.89. The summed E-state index contributed by atoms with van der Waals surface area (Å²) in [6.07, 6.45) is 0.711. The van der Waals surface area contributed by atoms with Crippen LogP contribution >= 0.6 is 55.1 Å². The van der Waals surface area contributed by atoms with Crippen molar-refractivity contribution in [3.05, 3.63) is 72.5 Å². The Balaban J connectivity index is 1.94. The van der Waals surface area contributed by atoms with E-state index in [-0.39, 0.29) is 0 Å². The molecule has 1 N–H and O–H groups in total. The molecule has 0 bridgehead atoms. The van der Waals surface area contributed by atoms with E-state index < -0.39 is 0 Å². The minimum Gasteiger partial charge on any atom is -0.345 e. The number of imidazole rings is 1. The van der Waals surface area contributed by atoms with E-state index in [0.717, 1.165) is 37.3 Å². The smallest absolute Gasteiger partial charge is 0.111 e. The van der Waals surface area contributed by atoms with Crippen LogP contribution in [0.2, 0.25) is 10.0 Å². The SMILES string of the molecule is Cc1[nH]c(Cc2cccc(Br)c2Br)nc1-c1ccc(Cl)c(Cl)c1. The molecule has 23 heavy (non-hydrogen) atoms. The van der Waals surface area contributed by atoms with Crippen LogP contribution in [0.1, 0.15) is 17.1 Å². The van der Waals surface area contributed by atoms with Gasteiger partial charge in [0.05, 0.1) is 15.7 Å². The number of benzene rings is 2. The van der Waals surface area contributed by atoms with Crippen LogP contribution < -0.4 is 0 Å². The molecule has 0 aliphatic heterocycles. The van der Waals surface area contributed by atoms with Gasteiger partial charge in [-0.15, -0.1) is 0 Å². The fraction of sp³-hybridized carbons (Fsp3) is 0.118. The van der Waals surface area contributed by atoms with Crippen molar-refractivity contribution < 1.29 is 0 Å². The number of aryl methyl sites for hydroxylation is 1. The van der Waals surface area contributed by atoms with Gasteiger partial charge in [-0.2, -0.15) is 0 Å². The van der Waals surface area contributed by atoms with Gasteiger partial charge in [0.15, 0.2) is 0 Å². The lowest BCUT2D eigenvalue weighted by Crippen LogP contribution is -1.92. The third-order valence-electron chi connectivity index (χ3n) is 3.52. The Morgan fingerprint density at radius 1 is 1.09 bits per heavy atom. The summed E-state index contributed by atoms with van der Waals surface area (Å²) in [5.74, 6) is 0.905. The van der Waals surface area contributed by atoms with Gasteiger partial charge in [0, 0.05) is 26.6 Å². The summed E-state index contributed by atoms with van der Waals surface area (Å²) in [4.78, 5) is 8.07. The second-order valence-corrected chi connectivity index (χ2v) is 7.64. The highest BCUT2D eigenvalue weighted by Gasteiger charge is 2.12. The number of hydrogen-bond acceptors (Lipinski definition) is 1. The first kappa shape index (κ1) is 17.0. The molecule has 3 aromatic rings. The molecule has 0 fully saturated rings. The minimum atomic E-state index is 0.530. The molecule has 0 saturated heterocycles. The Bertz CT molecular complexity index is 875. The number of aromatic amines is 1. The first-order valence-corrected chi connectivity index (χ1v) is 9.23. The summed E-state index contributed by atoms with van der Waals surface area (Å²) in [6, 6.07) is 11.6. The van der Waals surface area contributed by atoms with Crippen molar-refractivity contribution in [1.29, 1.82) is 0 Å². The summed E-state index contributed by atoms with van der Waals surface area (Å²) in [7, 11) is 0. The van der Waals surface area contributed by atoms with Gasteiger partial charge in [0.2, 0.25) is 0 Å². The van der Waals surface area contributed by atoms with Crippen LogP contribution in [0.3, 0.4) is 0 Å². The van der Waals surface area contributed by atoms with Crippen molar-refractivity contribution in [2.75, 3.05) is 0 Å². The van der Waals surface area contributed by atoms with Crippen LogP contribution in [0.4, 0.5) is 0 Å². The standard InChI is InChI=1S/C17H12Br2Cl2N2/c1-9-17(11-5-6-13(20)14(21)7-11)23-15(22-9)8-10-3-2-4-12(18)16(10)19/h2-7H,8H2,1H3,(H,22,23). The molecule has 0 aliphatic carbocycles. The maximum atomic E-state index is 6.11. The van der Waals surface area contributed by atoms with Gasteiger partial charge in [0.25, 0.3) is 0 Å². The number of hydrogen-bond donors (Lipinski definition) is 1. The van der Waals surface area contributed by atoms with Gasteiger partial charge in [-0.3, -0.25) is 0 Å². The maximum absolute atomic E-state index is 6.11. The zero-order chi connectivity index (χ0) is 16.6. The molecule has 2 aromatic carbocycles. The summed E-state index contributed by atoms with van der Waals surface area (Å²) in [5, 5.41) is 1.07. The second kappa shape index (κ2) is 6.98. The summed E-state index contributed by atoms with van der Waals surface area (Å²) >= 11 is 19.2. The van der Waals surface area contributed by atoms with E-state index in [9.17, 15) is 0 Å². The van der Waals surface area contributed by atoms with Crippen LogP contribution in [-0.4, -0.2) is 9.97 Å². The Labute approximate surface area is 161 Å².